The van der Waals surface area contributed by atoms with Crippen LogP contribution in [0.3, 0.4) is 0 Å². The average Bonchev–Trinajstić information content (AvgIpc) is 2.19. The molecule has 1 nitrogen and oxygen atoms in total. The van der Waals surface area contributed by atoms with E-state index in [2.05, 4.69) is 11.8 Å². The Morgan fingerprint density at radius 1 is 1.29 bits per heavy atom. The number of rotatable bonds is 2. The monoisotopic (exact) mass is 196 g/mol. The molecule has 1 rings (SSSR count). The molecule has 0 aromatic heterocycles. The summed E-state index contributed by atoms with van der Waals surface area (Å²) in [6, 6.07) is 3.88. The molecular formula is C11H10F2O. The number of hydrogen-bond donors (Lipinski definition) is 1. The third-order valence-electron chi connectivity index (χ3n) is 1.63. The molecule has 1 N–H and O–H groups in total. The van der Waals surface area contributed by atoms with Crippen molar-refractivity contribution in [1.29, 1.82) is 0 Å². The first-order valence-electron chi connectivity index (χ1n) is 4.29. The van der Waals surface area contributed by atoms with Crippen LogP contribution in [-0.4, -0.2) is 11.7 Å². The first-order valence-corrected chi connectivity index (χ1v) is 4.29. The van der Waals surface area contributed by atoms with Crippen LogP contribution in [0.5, 0.6) is 0 Å². The molecule has 0 aliphatic carbocycles. The molecule has 14 heavy (non-hydrogen) atoms. The van der Waals surface area contributed by atoms with Crippen molar-refractivity contribution in [3.8, 4) is 11.8 Å². The van der Waals surface area contributed by atoms with Crippen molar-refractivity contribution in [2.45, 2.75) is 12.8 Å². The highest BCUT2D eigenvalue weighted by atomic mass is 19.2. The molecule has 0 saturated heterocycles. The summed E-state index contributed by atoms with van der Waals surface area (Å²) >= 11 is 0. The Morgan fingerprint density at radius 3 is 2.79 bits per heavy atom. The standard InChI is InChI=1S/C11H10F2O/c12-10-7-4-6-9(11(10)13)5-2-1-3-8-14/h4,6-7,14H,1,3,8H2. The molecule has 3 heteroatoms. The summed E-state index contributed by atoms with van der Waals surface area (Å²) in [7, 11) is 0. The fourth-order valence-electron chi connectivity index (χ4n) is 0.926. The second kappa shape index (κ2) is 5.36. The van der Waals surface area contributed by atoms with E-state index in [1.54, 1.807) is 0 Å². The Kier molecular flexibility index (Phi) is 4.09. The van der Waals surface area contributed by atoms with Gasteiger partial charge in [0.1, 0.15) is 0 Å². The van der Waals surface area contributed by atoms with E-state index in [9.17, 15) is 8.78 Å². The Bertz CT molecular complexity index is 363. The molecule has 0 aliphatic rings. The normalized spacial score (nSPS) is 9.36. The fourth-order valence-corrected chi connectivity index (χ4v) is 0.926. The summed E-state index contributed by atoms with van der Waals surface area (Å²) in [5.41, 5.74) is 0.0583. The average molecular weight is 196 g/mol. The highest BCUT2D eigenvalue weighted by Gasteiger charge is 2.03. The number of unbranched alkanes of at least 4 members (excludes halogenated alkanes) is 1. The summed E-state index contributed by atoms with van der Waals surface area (Å²) in [5.74, 6) is 3.36. The number of benzene rings is 1. The number of halogens is 2. The Morgan fingerprint density at radius 2 is 2.07 bits per heavy atom. The van der Waals surface area contributed by atoms with Gasteiger partial charge in [-0.3, -0.25) is 0 Å². The smallest absolute Gasteiger partial charge is 0.174 e. The zero-order chi connectivity index (χ0) is 10.4. The van der Waals surface area contributed by atoms with E-state index >= 15 is 0 Å². The maximum atomic E-state index is 13.0. The Balaban J connectivity index is 2.74. The minimum absolute atomic E-state index is 0.0559. The molecule has 0 atom stereocenters. The largest absolute Gasteiger partial charge is 0.396 e. The van der Waals surface area contributed by atoms with E-state index < -0.39 is 11.6 Å². The van der Waals surface area contributed by atoms with E-state index in [4.69, 9.17) is 5.11 Å². The first kappa shape index (κ1) is 10.7. The van der Waals surface area contributed by atoms with E-state index in [-0.39, 0.29) is 12.2 Å². The van der Waals surface area contributed by atoms with Crippen molar-refractivity contribution < 1.29 is 13.9 Å². The molecule has 0 fully saturated rings. The van der Waals surface area contributed by atoms with Crippen molar-refractivity contribution >= 4 is 0 Å². The van der Waals surface area contributed by atoms with E-state index in [1.165, 1.54) is 12.1 Å². The third kappa shape index (κ3) is 2.82. The van der Waals surface area contributed by atoms with Crippen molar-refractivity contribution in [3.05, 3.63) is 35.4 Å². The van der Waals surface area contributed by atoms with Crippen LogP contribution in [0.25, 0.3) is 0 Å². The lowest BCUT2D eigenvalue weighted by molar-refractivity contribution is 0.290. The van der Waals surface area contributed by atoms with Crippen molar-refractivity contribution in [2.75, 3.05) is 6.61 Å². The van der Waals surface area contributed by atoms with Gasteiger partial charge in [0.05, 0.1) is 5.56 Å². The minimum atomic E-state index is -0.913. The van der Waals surface area contributed by atoms with Gasteiger partial charge in [-0.2, -0.15) is 0 Å². The Hall–Kier alpha value is -1.40. The summed E-state index contributed by atoms with van der Waals surface area (Å²) in [6.45, 7) is 0.0559. The zero-order valence-corrected chi connectivity index (χ0v) is 7.56. The van der Waals surface area contributed by atoms with Crippen molar-refractivity contribution in [1.82, 2.24) is 0 Å². The van der Waals surface area contributed by atoms with Gasteiger partial charge in [0, 0.05) is 13.0 Å². The lowest BCUT2D eigenvalue weighted by Crippen LogP contribution is -1.88. The van der Waals surface area contributed by atoms with Gasteiger partial charge in [-0.05, 0) is 18.6 Å². The molecule has 1 aromatic carbocycles. The molecule has 0 saturated carbocycles. The molecule has 0 radical (unpaired) electrons. The van der Waals surface area contributed by atoms with Gasteiger partial charge in [0.25, 0.3) is 0 Å². The Labute approximate surface area is 81.4 Å². The highest BCUT2D eigenvalue weighted by Crippen LogP contribution is 2.09. The topological polar surface area (TPSA) is 20.2 Å². The van der Waals surface area contributed by atoms with Crippen LogP contribution in [0.15, 0.2) is 18.2 Å². The maximum Gasteiger partial charge on any atom is 0.174 e. The number of hydrogen-bond acceptors (Lipinski definition) is 1. The second-order valence-electron chi connectivity index (χ2n) is 2.73. The molecule has 1 aromatic rings. The number of aliphatic hydroxyl groups excluding tert-OH is 1. The molecule has 0 aliphatic heterocycles. The fraction of sp³-hybridized carbons (Fsp3) is 0.273. The summed E-state index contributed by atoms with van der Waals surface area (Å²) in [6.07, 6.45) is 1.02. The summed E-state index contributed by atoms with van der Waals surface area (Å²) < 4.78 is 25.7. The van der Waals surface area contributed by atoms with Gasteiger partial charge >= 0.3 is 0 Å². The van der Waals surface area contributed by atoms with Crippen LogP contribution in [0.2, 0.25) is 0 Å². The molecule has 0 spiro atoms. The van der Waals surface area contributed by atoms with E-state index in [0.717, 1.165) is 6.07 Å². The van der Waals surface area contributed by atoms with Gasteiger partial charge in [0.15, 0.2) is 11.6 Å². The van der Waals surface area contributed by atoms with Crippen LogP contribution in [0, 0.1) is 23.5 Å². The predicted molar refractivity (Wildman–Crippen MR) is 49.6 cm³/mol. The van der Waals surface area contributed by atoms with E-state index in [0.29, 0.717) is 12.8 Å². The van der Waals surface area contributed by atoms with Crippen LogP contribution in [0.1, 0.15) is 18.4 Å². The lowest BCUT2D eigenvalue weighted by Gasteiger charge is -1.94. The third-order valence-corrected chi connectivity index (χ3v) is 1.63. The lowest BCUT2D eigenvalue weighted by atomic mass is 10.2. The van der Waals surface area contributed by atoms with Gasteiger partial charge in [-0.25, -0.2) is 8.78 Å². The minimum Gasteiger partial charge on any atom is -0.396 e. The predicted octanol–water partition coefficient (Wildman–Crippen LogP) is 2.09. The molecule has 0 heterocycles. The highest BCUT2D eigenvalue weighted by molar-refractivity contribution is 5.35. The van der Waals surface area contributed by atoms with Gasteiger partial charge < -0.3 is 5.11 Å². The quantitative estimate of drug-likeness (QED) is 0.567. The van der Waals surface area contributed by atoms with E-state index in [1.807, 2.05) is 0 Å². The summed E-state index contributed by atoms with van der Waals surface area (Å²) in [4.78, 5) is 0. The second-order valence-corrected chi connectivity index (χ2v) is 2.73. The van der Waals surface area contributed by atoms with Crippen molar-refractivity contribution in [3.63, 3.8) is 0 Å². The molecule has 0 bridgehead atoms. The molecular weight excluding hydrogens is 186 g/mol. The summed E-state index contributed by atoms with van der Waals surface area (Å²) in [5, 5.41) is 8.46. The van der Waals surface area contributed by atoms with Crippen LogP contribution in [0.4, 0.5) is 8.78 Å². The SMILES string of the molecule is OCCCC#Cc1cccc(F)c1F. The first-order chi connectivity index (χ1) is 6.75. The maximum absolute atomic E-state index is 13.0. The number of aliphatic hydroxyl groups is 1. The molecule has 0 unspecified atom stereocenters. The van der Waals surface area contributed by atoms with Gasteiger partial charge in [0.2, 0.25) is 0 Å². The van der Waals surface area contributed by atoms with Crippen LogP contribution < -0.4 is 0 Å². The molecule has 74 valence electrons. The van der Waals surface area contributed by atoms with Crippen LogP contribution in [-0.2, 0) is 0 Å². The zero-order valence-electron chi connectivity index (χ0n) is 7.56. The van der Waals surface area contributed by atoms with Gasteiger partial charge in [-0.15, -0.1) is 0 Å². The van der Waals surface area contributed by atoms with Crippen LogP contribution >= 0.6 is 0 Å². The van der Waals surface area contributed by atoms with Crippen molar-refractivity contribution in [2.24, 2.45) is 0 Å². The molecule has 0 amide bonds. The van der Waals surface area contributed by atoms with Gasteiger partial charge in [-0.1, -0.05) is 17.9 Å².